The van der Waals surface area contributed by atoms with Crippen LogP contribution in [0.4, 0.5) is 5.69 Å². The van der Waals surface area contributed by atoms with Gasteiger partial charge < -0.3 is 16.2 Å². The van der Waals surface area contributed by atoms with Crippen molar-refractivity contribution < 1.29 is 9.90 Å². The number of benzene rings is 1. The maximum atomic E-state index is 11.7. The van der Waals surface area contributed by atoms with Crippen molar-refractivity contribution in [3.8, 4) is 0 Å². The van der Waals surface area contributed by atoms with Gasteiger partial charge in [-0.15, -0.1) is 0 Å². The molecular formula is C13H20N2O2. The Kier molecular flexibility index (Phi) is 4.97. The summed E-state index contributed by atoms with van der Waals surface area (Å²) in [5.74, 6) is 0.0212. The van der Waals surface area contributed by atoms with E-state index in [1.54, 1.807) is 12.1 Å². The molecule has 1 aromatic rings. The number of rotatable bonds is 5. The fraction of sp³-hybridized carbons (Fsp3) is 0.462. The summed E-state index contributed by atoms with van der Waals surface area (Å²) in [6, 6.07) is 7.22. The Morgan fingerprint density at radius 1 is 1.35 bits per heavy atom. The fourth-order valence-corrected chi connectivity index (χ4v) is 1.43. The minimum absolute atomic E-state index is 0.0266. The molecular weight excluding hydrogens is 216 g/mol. The molecule has 4 nitrogen and oxygen atoms in total. The second-order valence-corrected chi connectivity index (χ2v) is 4.43. The molecule has 0 heterocycles. The number of nitrogens with two attached hydrogens (primary N) is 1. The first-order chi connectivity index (χ1) is 8.02. The standard InChI is InChI=1S/C13H20N2O2/c1-9(8-16)10(2)15-13(17)7-11-3-5-12(14)6-4-11/h3-6,9-10,16H,7-8,14H2,1-2H3,(H,15,17). The van der Waals surface area contributed by atoms with E-state index in [0.29, 0.717) is 12.1 Å². The van der Waals surface area contributed by atoms with E-state index in [0.717, 1.165) is 5.56 Å². The van der Waals surface area contributed by atoms with E-state index in [1.807, 2.05) is 26.0 Å². The van der Waals surface area contributed by atoms with Gasteiger partial charge in [0.1, 0.15) is 0 Å². The van der Waals surface area contributed by atoms with E-state index < -0.39 is 0 Å². The summed E-state index contributed by atoms with van der Waals surface area (Å²) < 4.78 is 0. The molecule has 0 aromatic heterocycles. The van der Waals surface area contributed by atoms with Crippen molar-refractivity contribution in [2.75, 3.05) is 12.3 Å². The van der Waals surface area contributed by atoms with Crippen molar-refractivity contribution in [1.82, 2.24) is 5.32 Å². The molecule has 0 spiro atoms. The molecule has 0 aliphatic rings. The molecule has 0 fully saturated rings. The molecule has 4 N–H and O–H groups in total. The summed E-state index contributed by atoms with van der Waals surface area (Å²) in [4.78, 5) is 11.7. The summed E-state index contributed by atoms with van der Waals surface area (Å²) in [5.41, 5.74) is 7.19. The highest BCUT2D eigenvalue weighted by atomic mass is 16.3. The lowest BCUT2D eigenvalue weighted by Gasteiger charge is -2.19. The van der Waals surface area contributed by atoms with Gasteiger partial charge in [-0.25, -0.2) is 0 Å². The van der Waals surface area contributed by atoms with Crippen molar-refractivity contribution in [2.24, 2.45) is 5.92 Å². The second kappa shape index (κ2) is 6.25. The van der Waals surface area contributed by atoms with Crippen LogP contribution in [-0.4, -0.2) is 23.7 Å². The Labute approximate surface area is 102 Å². The molecule has 1 amide bonds. The second-order valence-electron chi connectivity index (χ2n) is 4.43. The van der Waals surface area contributed by atoms with Gasteiger partial charge in [0, 0.05) is 18.3 Å². The normalized spacial score (nSPS) is 14.1. The fourth-order valence-electron chi connectivity index (χ4n) is 1.43. The number of nitrogen functional groups attached to an aromatic ring is 1. The number of carbonyl (C=O) groups excluding carboxylic acids is 1. The van der Waals surface area contributed by atoms with Crippen molar-refractivity contribution in [3.05, 3.63) is 29.8 Å². The van der Waals surface area contributed by atoms with Crippen LogP contribution in [0.2, 0.25) is 0 Å². The highest BCUT2D eigenvalue weighted by molar-refractivity contribution is 5.78. The quantitative estimate of drug-likeness (QED) is 0.666. The number of amides is 1. The number of aliphatic hydroxyl groups excluding tert-OH is 1. The van der Waals surface area contributed by atoms with Crippen LogP contribution < -0.4 is 11.1 Å². The smallest absolute Gasteiger partial charge is 0.224 e. The molecule has 2 atom stereocenters. The number of hydrogen-bond donors (Lipinski definition) is 3. The third-order valence-electron chi connectivity index (χ3n) is 2.87. The lowest BCUT2D eigenvalue weighted by Crippen LogP contribution is -2.39. The lowest BCUT2D eigenvalue weighted by atomic mass is 10.0. The van der Waals surface area contributed by atoms with E-state index in [2.05, 4.69) is 5.32 Å². The maximum Gasteiger partial charge on any atom is 0.224 e. The average molecular weight is 236 g/mol. The number of aliphatic hydroxyl groups is 1. The van der Waals surface area contributed by atoms with Gasteiger partial charge in [-0.2, -0.15) is 0 Å². The summed E-state index contributed by atoms with van der Waals surface area (Å²) in [5, 5.41) is 11.8. The lowest BCUT2D eigenvalue weighted by molar-refractivity contribution is -0.121. The summed E-state index contributed by atoms with van der Waals surface area (Å²) >= 11 is 0. The molecule has 0 aliphatic heterocycles. The van der Waals surface area contributed by atoms with Crippen LogP contribution in [0.5, 0.6) is 0 Å². The summed E-state index contributed by atoms with van der Waals surface area (Å²) in [6.07, 6.45) is 0.336. The Morgan fingerprint density at radius 2 is 1.94 bits per heavy atom. The van der Waals surface area contributed by atoms with Gasteiger partial charge in [0.25, 0.3) is 0 Å². The molecule has 94 valence electrons. The molecule has 0 aliphatic carbocycles. The molecule has 2 unspecified atom stereocenters. The Bertz CT molecular complexity index is 362. The van der Waals surface area contributed by atoms with Crippen molar-refractivity contribution in [1.29, 1.82) is 0 Å². The number of anilines is 1. The van der Waals surface area contributed by atoms with Crippen LogP contribution in [-0.2, 0) is 11.2 Å². The minimum atomic E-state index is -0.0393. The zero-order valence-corrected chi connectivity index (χ0v) is 10.3. The zero-order valence-electron chi connectivity index (χ0n) is 10.3. The largest absolute Gasteiger partial charge is 0.399 e. The van der Waals surface area contributed by atoms with Crippen LogP contribution >= 0.6 is 0 Å². The summed E-state index contributed by atoms with van der Waals surface area (Å²) in [6.45, 7) is 3.86. The first-order valence-corrected chi connectivity index (χ1v) is 5.77. The van der Waals surface area contributed by atoms with Crippen LogP contribution in [0.1, 0.15) is 19.4 Å². The SMILES string of the molecule is CC(CO)C(C)NC(=O)Cc1ccc(N)cc1. The van der Waals surface area contributed by atoms with Gasteiger partial charge in [0.05, 0.1) is 6.42 Å². The van der Waals surface area contributed by atoms with Gasteiger partial charge in [0.15, 0.2) is 0 Å². The minimum Gasteiger partial charge on any atom is -0.399 e. The molecule has 0 radical (unpaired) electrons. The molecule has 17 heavy (non-hydrogen) atoms. The Balaban J connectivity index is 2.47. The first kappa shape index (κ1) is 13.5. The first-order valence-electron chi connectivity index (χ1n) is 5.77. The van der Waals surface area contributed by atoms with Crippen LogP contribution in [0, 0.1) is 5.92 Å². The Hall–Kier alpha value is -1.55. The zero-order chi connectivity index (χ0) is 12.8. The van der Waals surface area contributed by atoms with E-state index >= 15 is 0 Å². The predicted molar refractivity (Wildman–Crippen MR) is 68.4 cm³/mol. The van der Waals surface area contributed by atoms with Crippen LogP contribution in [0.15, 0.2) is 24.3 Å². The van der Waals surface area contributed by atoms with Gasteiger partial charge >= 0.3 is 0 Å². The van der Waals surface area contributed by atoms with Crippen LogP contribution in [0.3, 0.4) is 0 Å². The van der Waals surface area contributed by atoms with Gasteiger partial charge in [-0.3, -0.25) is 4.79 Å². The Morgan fingerprint density at radius 3 is 2.47 bits per heavy atom. The average Bonchev–Trinajstić information content (AvgIpc) is 2.30. The number of nitrogens with one attached hydrogen (secondary N) is 1. The monoisotopic (exact) mass is 236 g/mol. The highest BCUT2D eigenvalue weighted by Crippen LogP contribution is 2.07. The molecule has 0 saturated carbocycles. The predicted octanol–water partition coefficient (Wildman–Crippen LogP) is 0.944. The van der Waals surface area contributed by atoms with E-state index in [4.69, 9.17) is 10.8 Å². The number of carbonyl (C=O) groups is 1. The molecule has 4 heteroatoms. The van der Waals surface area contributed by atoms with Gasteiger partial charge in [-0.05, 0) is 30.5 Å². The van der Waals surface area contributed by atoms with E-state index in [1.165, 1.54) is 0 Å². The molecule has 1 rings (SSSR count). The van der Waals surface area contributed by atoms with Crippen molar-refractivity contribution >= 4 is 11.6 Å². The highest BCUT2D eigenvalue weighted by Gasteiger charge is 2.13. The van der Waals surface area contributed by atoms with E-state index in [-0.39, 0.29) is 24.5 Å². The third kappa shape index (κ3) is 4.44. The summed E-state index contributed by atoms with van der Waals surface area (Å²) in [7, 11) is 0. The molecule has 0 saturated heterocycles. The van der Waals surface area contributed by atoms with Crippen molar-refractivity contribution in [3.63, 3.8) is 0 Å². The van der Waals surface area contributed by atoms with E-state index in [9.17, 15) is 4.79 Å². The van der Waals surface area contributed by atoms with Gasteiger partial charge in [-0.1, -0.05) is 19.1 Å². The molecule has 1 aromatic carbocycles. The maximum absolute atomic E-state index is 11.7. The topological polar surface area (TPSA) is 75.3 Å². The number of hydrogen-bond acceptors (Lipinski definition) is 3. The third-order valence-corrected chi connectivity index (χ3v) is 2.87. The molecule has 0 bridgehead atoms. The van der Waals surface area contributed by atoms with Crippen LogP contribution in [0.25, 0.3) is 0 Å². The van der Waals surface area contributed by atoms with Gasteiger partial charge in [0.2, 0.25) is 5.91 Å². The van der Waals surface area contributed by atoms with Crippen molar-refractivity contribution in [2.45, 2.75) is 26.3 Å².